The zero-order chi connectivity index (χ0) is 11.1. The maximum absolute atomic E-state index is 11.6. The highest BCUT2D eigenvalue weighted by molar-refractivity contribution is 6.12. The van der Waals surface area contributed by atoms with Gasteiger partial charge in [-0.25, -0.2) is 0 Å². The van der Waals surface area contributed by atoms with Crippen molar-refractivity contribution in [1.82, 2.24) is 5.32 Å². The quantitative estimate of drug-likeness (QED) is 0.639. The lowest BCUT2D eigenvalue weighted by Crippen LogP contribution is -2.47. The molecule has 1 aliphatic heterocycles. The predicted molar refractivity (Wildman–Crippen MR) is 54.9 cm³/mol. The SMILES string of the molecule is CC1(N)C(=O)NC(=O)C1c1ccccc1. The number of imide groups is 1. The Kier molecular flexibility index (Phi) is 2.08. The fraction of sp³-hybridized carbons (Fsp3) is 0.273. The van der Waals surface area contributed by atoms with Crippen molar-refractivity contribution in [3.63, 3.8) is 0 Å². The average Bonchev–Trinajstić information content (AvgIpc) is 2.37. The Bertz CT molecular complexity index is 412. The van der Waals surface area contributed by atoms with E-state index in [1.807, 2.05) is 18.2 Å². The third kappa shape index (κ3) is 1.43. The van der Waals surface area contributed by atoms with Crippen LogP contribution in [-0.4, -0.2) is 17.4 Å². The van der Waals surface area contributed by atoms with Crippen LogP contribution in [0.1, 0.15) is 18.4 Å². The summed E-state index contributed by atoms with van der Waals surface area (Å²) in [7, 11) is 0. The maximum atomic E-state index is 11.6. The van der Waals surface area contributed by atoms with Gasteiger partial charge in [0, 0.05) is 0 Å². The molecule has 1 saturated heterocycles. The highest BCUT2D eigenvalue weighted by Gasteiger charge is 2.49. The van der Waals surface area contributed by atoms with Crippen LogP contribution in [0.4, 0.5) is 0 Å². The normalized spacial score (nSPS) is 30.4. The maximum Gasteiger partial charge on any atom is 0.247 e. The smallest absolute Gasteiger partial charge is 0.247 e. The second-order valence-corrected chi connectivity index (χ2v) is 3.94. The molecule has 0 bridgehead atoms. The fourth-order valence-corrected chi connectivity index (χ4v) is 1.87. The second-order valence-electron chi connectivity index (χ2n) is 3.94. The minimum Gasteiger partial charge on any atom is -0.317 e. The Hall–Kier alpha value is -1.68. The number of nitrogens with two attached hydrogens (primary N) is 1. The van der Waals surface area contributed by atoms with Crippen molar-refractivity contribution in [2.45, 2.75) is 18.4 Å². The molecule has 1 aromatic rings. The summed E-state index contributed by atoms with van der Waals surface area (Å²) in [4.78, 5) is 23.0. The largest absolute Gasteiger partial charge is 0.317 e. The van der Waals surface area contributed by atoms with E-state index in [0.717, 1.165) is 5.56 Å². The van der Waals surface area contributed by atoms with Crippen molar-refractivity contribution in [3.8, 4) is 0 Å². The second kappa shape index (κ2) is 3.17. The molecule has 0 spiro atoms. The Labute approximate surface area is 87.5 Å². The standard InChI is InChI=1S/C11H12N2O2/c1-11(12)8(9(14)13-10(11)15)7-5-3-2-4-6-7/h2-6,8H,12H2,1H3,(H,13,14,15). The molecule has 1 fully saturated rings. The van der Waals surface area contributed by atoms with E-state index in [2.05, 4.69) is 5.32 Å². The number of benzene rings is 1. The molecule has 1 heterocycles. The van der Waals surface area contributed by atoms with Gasteiger partial charge in [-0.3, -0.25) is 14.9 Å². The van der Waals surface area contributed by atoms with Crippen molar-refractivity contribution in [2.24, 2.45) is 5.73 Å². The summed E-state index contributed by atoms with van der Waals surface area (Å²) in [6, 6.07) is 9.09. The lowest BCUT2D eigenvalue weighted by atomic mass is 9.83. The van der Waals surface area contributed by atoms with Crippen molar-refractivity contribution in [1.29, 1.82) is 0 Å². The third-order valence-corrected chi connectivity index (χ3v) is 2.72. The zero-order valence-electron chi connectivity index (χ0n) is 8.36. The predicted octanol–water partition coefficient (Wildman–Crippen LogP) is 0.144. The highest BCUT2D eigenvalue weighted by atomic mass is 16.2. The molecule has 1 aliphatic rings. The molecule has 0 aromatic heterocycles. The first-order valence-corrected chi connectivity index (χ1v) is 4.72. The number of hydrogen-bond acceptors (Lipinski definition) is 3. The van der Waals surface area contributed by atoms with Gasteiger partial charge >= 0.3 is 0 Å². The summed E-state index contributed by atoms with van der Waals surface area (Å²) >= 11 is 0. The molecular weight excluding hydrogens is 192 g/mol. The molecule has 4 heteroatoms. The number of rotatable bonds is 1. The van der Waals surface area contributed by atoms with Gasteiger partial charge in [0.2, 0.25) is 11.8 Å². The van der Waals surface area contributed by atoms with Gasteiger partial charge in [-0.05, 0) is 12.5 Å². The molecule has 4 nitrogen and oxygen atoms in total. The number of amides is 2. The molecule has 2 rings (SSSR count). The summed E-state index contributed by atoms with van der Waals surface area (Å²) in [5.74, 6) is -1.33. The van der Waals surface area contributed by atoms with Crippen molar-refractivity contribution < 1.29 is 9.59 Å². The molecule has 2 unspecified atom stereocenters. The number of hydrogen-bond donors (Lipinski definition) is 2. The van der Waals surface area contributed by atoms with Gasteiger partial charge in [0.1, 0.15) is 5.54 Å². The van der Waals surface area contributed by atoms with Gasteiger partial charge in [0.25, 0.3) is 0 Å². The van der Waals surface area contributed by atoms with Gasteiger partial charge in [-0.2, -0.15) is 0 Å². The van der Waals surface area contributed by atoms with Crippen molar-refractivity contribution in [3.05, 3.63) is 35.9 Å². The van der Waals surface area contributed by atoms with E-state index < -0.39 is 17.4 Å². The van der Waals surface area contributed by atoms with Crippen LogP contribution in [0.15, 0.2) is 30.3 Å². The summed E-state index contributed by atoms with van der Waals surface area (Å²) < 4.78 is 0. The summed E-state index contributed by atoms with van der Waals surface area (Å²) in [5.41, 5.74) is 5.47. The van der Waals surface area contributed by atoms with E-state index in [4.69, 9.17) is 5.73 Å². The van der Waals surface area contributed by atoms with Crippen LogP contribution in [0.2, 0.25) is 0 Å². The molecule has 0 saturated carbocycles. The molecule has 0 aliphatic carbocycles. The summed E-state index contributed by atoms with van der Waals surface area (Å²) in [5, 5.41) is 2.25. The third-order valence-electron chi connectivity index (χ3n) is 2.72. The Morgan fingerprint density at radius 3 is 2.33 bits per heavy atom. The van der Waals surface area contributed by atoms with E-state index in [9.17, 15) is 9.59 Å². The Morgan fingerprint density at radius 1 is 1.27 bits per heavy atom. The first-order chi connectivity index (χ1) is 7.03. The number of carbonyl (C=O) groups is 2. The van der Waals surface area contributed by atoms with Crippen molar-refractivity contribution in [2.75, 3.05) is 0 Å². The van der Waals surface area contributed by atoms with Crippen LogP contribution in [0.3, 0.4) is 0 Å². The van der Waals surface area contributed by atoms with Crippen LogP contribution in [0, 0.1) is 0 Å². The van der Waals surface area contributed by atoms with Gasteiger partial charge in [-0.15, -0.1) is 0 Å². The minimum atomic E-state index is -1.15. The molecule has 2 amide bonds. The number of carbonyl (C=O) groups excluding carboxylic acids is 2. The van der Waals surface area contributed by atoms with Crippen LogP contribution < -0.4 is 11.1 Å². The van der Waals surface area contributed by atoms with Gasteiger partial charge in [-0.1, -0.05) is 30.3 Å². The van der Waals surface area contributed by atoms with E-state index in [1.54, 1.807) is 19.1 Å². The first kappa shape index (κ1) is 9.86. The van der Waals surface area contributed by atoms with Crippen LogP contribution in [0.5, 0.6) is 0 Å². The molecule has 3 N–H and O–H groups in total. The van der Waals surface area contributed by atoms with Gasteiger partial charge in [0.15, 0.2) is 0 Å². The topological polar surface area (TPSA) is 72.2 Å². The Balaban J connectivity index is 2.45. The zero-order valence-corrected chi connectivity index (χ0v) is 8.36. The summed E-state index contributed by atoms with van der Waals surface area (Å²) in [6.07, 6.45) is 0. The molecule has 15 heavy (non-hydrogen) atoms. The molecular formula is C11H12N2O2. The van der Waals surface area contributed by atoms with Crippen LogP contribution >= 0.6 is 0 Å². The minimum absolute atomic E-state index is 0.323. The number of nitrogens with one attached hydrogen (secondary N) is 1. The van der Waals surface area contributed by atoms with E-state index >= 15 is 0 Å². The highest BCUT2D eigenvalue weighted by Crippen LogP contribution is 2.31. The molecule has 1 aromatic carbocycles. The lowest BCUT2D eigenvalue weighted by Gasteiger charge is -2.21. The van der Waals surface area contributed by atoms with E-state index in [-0.39, 0.29) is 5.91 Å². The summed E-state index contributed by atoms with van der Waals surface area (Å²) in [6.45, 7) is 1.57. The van der Waals surface area contributed by atoms with Crippen molar-refractivity contribution >= 4 is 11.8 Å². The molecule has 2 atom stereocenters. The van der Waals surface area contributed by atoms with Crippen LogP contribution in [-0.2, 0) is 9.59 Å². The average molecular weight is 204 g/mol. The fourth-order valence-electron chi connectivity index (χ4n) is 1.87. The molecule has 78 valence electrons. The first-order valence-electron chi connectivity index (χ1n) is 4.72. The van der Waals surface area contributed by atoms with E-state index in [1.165, 1.54) is 0 Å². The van der Waals surface area contributed by atoms with E-state index in [0.29, 0.717) is 0 Å². The van der Waals surface area contributed by atoms with Gasteiger partial charge in [0.05, 0.1) is 5.92 Å². The van der Waals surface area contributed by atoms with Gasteiger partial charge < -0.3 is 5.73 Å². The van der Waals surface area contributed by atoms with Crippen LogP contribution in [0.25, 0.3) is 0 Å². The lowest BCUT2D eigenvalue weighted by molar-refractivity contribution is -0.126. The molecule has 0 radical (unpaired) electrons. The Morgan fingerprint density at radius 2 is 1.87 bits per heavy atom. The monoisotopic (exact) mass is 204 g/mol.